The first-order chi connectivity index (χ1) is 15.8. The highest BCUT2D eigenvalue weighted by Crippen LogP contribution is 2.33. The maximum absolute atomic E-state index is 12.4. The number of hydrogen-bond acceptors (Lipinski definition) is 4. The van der Waals surface area contributed by atoms with Crippen molar-refractivity contribution in [1.29, 1.82) is 0 Å². The summed E-state index contributed by atoms with van der Waals surface area (Å²) in [5, 5.41) is 3.65. The summed E-state index contributed by atoms with van der Waals surface area (Å²) in [7, 11) is 1.51. The molecular weight excluding hydrogens is 459 g/mol. The molecule has 0 fully saturated rings. The molecule has 33 heavy (non-hydrogen) atoms. The molecule has 0 saturated carbocycles. The zero-order chi connectivity index (χ0) is 23.5. The number of amides is 1. The van der Waals surface area contributed by atoms with E-state index < -0.39 is 0 Å². The fourth-order valence-corrected chi connectivity index (χ4v) is 3.98. The lowest BCUT2D eigenvalue weighted by Crippen LogP contribution is -2.07. The molecule has 0 spiro atoms. The van der Waals surface area contributed by atoms with E-state index in [0.717, 1.165) is 16.7 Å². The van der Waals surface area contributed by atoms with Gasteiger partial charge in [-0.2, -0.15) is 0 Å². The van der Waals surface area contributed by atoms with Crippen molar-refractivity contribution in [3.05, 3.63) is 81.8 Å². The van der Waals surface area contributed by atoms with Crippen LogP contribution in [-0.2, 0) is 4.79 Å². The minimum absolute atomic E-state index is 0.302. The number of carbonyl (C=O) groups excluding carboxylic acids is 1. The van der Waals surface area contributed by atoms with Gasteiger partial charge in [0.25, 0.3) is 0 Å². The Balaban J connectivity index is 1.47. The molecule has 0 aliphatic heterocycles. The molecule has 0 bridgehead atoms. The number of nitrogens with one attached hydrogen (secondary N) is 1. The van der Waals surface area contributed by atoms with Gasteiger partial charge in [-0.05, 0) is 66.1 Å². The minimum atomic E-state index is -0.302. The molecule has 1 aromatic heterocycles. The molecule has 1 amide bonds. The van der Waals surface area contributed by atoms with Crippen molar-refractivity contribution in [1.82, 2.24) is 4.98 Å². The highest BCUT2D eigenvalue weighted by molar-refractivity contribution is 6.36. The number of ether oxygens (including phenoxy) is 1. The van der Waals surface area contributed by atoms with Gasteiger partial charge in [0, 0.05) is 27.9 Å². The summed E-state index contributed by atoms with van der Waals surface area (Å²) >= 11 is 12.2. The van der Waals surface area contributed by atoms with Crippen LogP contribution in [0.3, 0.4) is 0 Å². The first-order valence-corrected chi connectivity index (χ1v) is 11.1. The van der Waals surface area contributed by atoms with Gasteiger partial charge in [-0.3, -0.25) is 4.79 Å². The van der Waals surface area contributed by atoms with Crippen LogP contribution >= 0.6 is 23.2 Å². The van der Waals surface area contributed by atoms with E-state index in [4.69, 9.17) is 32.4 Å². The Morgan fingerprint density at radius 1 is 1.09 bits per heavy atom. The largest absolute Gasteiger partial charge is 0.495 e. The number of anilines is 1. The van der Waals surface area contributed by atoms with E-state index >= 15 is 0 Å². The summed E-state index contributed by atoms with van der Waals surface area (Å²) in [4.78, 5) is 17.0. The summed E-state index contributed by atoms with van der Waals surface area (Å²) in [5.41, 5.74) is 4.86. The second kappa shape index (κ2) is 9.69. The third-order valence-electron chi connectivity index (χ3n) is 5.13. The molecule has 0 radical (unpaired) electrons. The minimum Gasteiger partial charge on any atom is -0.495 e. The van der Waals surface area contributed by atoms with Crippen molar-refractivity contribution in [3.63, 3.8) is 0 Å². The number of nitrogens with zero attached hydrogens (tertiary/aromatic N) is 1. The maximum Gasteiger partial charge on any atom is 0.248 e. The van der Waals surface area contributed by atoms with Gasteiger partial charge in [0.15, 0.2) is 5.58 Å². The number of methoxy groups -OCH3 is 1. The summed E-state index contributed by atoms with van der Waals surface area (Å²) in [5.74, 6) is 1.11. The molecule has 4 rings (SSSR count). The predicted molar refractivity (Wildman–Crippen MR) is 134 cm³/mol. The monoisotopic (exact) mass is 480 g/mol. The van der Waals surface area contributed by atoms with E-state index in [1.165, 1.54) is 18.7 Å². The Morgan fingerprint density at radius 3 is 2.55 bits per heavy atom. The van der Waals surface area contributed by atoms with Crippen molar-refractivity contribution >= 4 is 52.0 Å². The quantitative estimate of drug-likeness (QED) is 0.288. The predicted octanol–water partition coefficient (Wildman–Crippen LogP) is 7.59. The normalized spacial score (nSPS) is 11.5. The Morgan fingerprint density at radius 2 is 1.85 bits per heavy atom. The average molecular weight is 481 g/mol. The molecular formula is C26H22Cl2N2O3. The van der Waals surface area contributed by atoms with E-state index in [1.807, 2.05) is 18.2 Å². The number of oxazole rings is 1. The second-order valence-electron chi connectivity index (χ2n) is 7.81. The van der Waals surface area contributed by atoms with Crippen LogP contribution in [0.15, 0.2) is 65.1 Å². The highest BCUT2D eigenvalue weighted by Gasteiger charge is 2.11. The molecule has 5 nitrogen and oxygen atoms in total. The smallest absolute Gasteiger partial charge is 0.248 e. The van der Waals surface area contributed by atoms with Crippen molar-refractivity contribution in [2.45, 2.75) is 19.8 Å². The molecule has 0 aliphatic carbocycles. The highest BCUT2D eigenvalue weighted by atomic mass is 35.5. The van der Waals surface area contributed by atoms with Crippen LogP contribution in [0.2, 0.25) is 10.0 Å². The molecule has 7 heteroatoms. The third-order valence-corrected chi connectivity index (χ3v) is 5.63. The Bertz CT molecular complexity index is 1340. The lowest BCUT2D eigenvalue weighted by molar-refractivity contribution is -0.111. The van der Waals surface area contributed by atoms with E-state index in [1.54, 1.807) is 30.3 Å². The number of hydrogen-bond donors (Lipinski definition) is 1. The number of benzene rings is 3. The van der Waals surface area contributed by atoms with Crippen molar-refractivity contribution < 1.29 is 13.9 Å². The van der Waals surface area contributed by atoms with Crippen molar-refractivity contribution in [2.75, 3.05) is 12.4 Å². The molecule has 1 N–H and O–H groups in total. The zero-order valence-corrected chi connectivity index (χ0v) is 19.9. The molecule has 0 atom stereocenters. The molecule has 0 saturated heterocycles. The van der Waals surface area contributed by atoms with Crippen LogP contribution in [0.4, 0.5) is 5.69 Å². The number of carbonyl (C=O) groups is 1. The summed E-state index contributed by atoms with van der Waals surface area (Å²) in [6.07, 6.45) is 3.00. The van der Waals surface area contributed by atoms with Gasteiger partial charge in [-0.1, -0.05) is 43.1 Å². The molecule has 168 valence electrons. The van der Waals surface area contributed by atoms with Crippen LogP contribution in [0.5, 0.6) is 5.75 Å². The van der Waals surface area contributed by atoms with Crippen LogP contribution in [0, 0.1) is 0 Å². The summed E-state index contributed by atoms with van der Waals surface area (Å²) in [6.45, 7) is 4.29. The lowest BCUT2D eigenvalue weighted by Gasteiger charge is -2.08. The summed E-state index contributed by atoms with van der Waals surface area (Å²) < 4.78 is 11.2. The van der Waals surface area contributed by atoms with Gasteiger partial charge < -0.3 is 14.5 Å². The standard InChI is InChI=1S/C26H22Cl2N2O3/c1-15(2)17-6-10-23-22(13-17)30-26(33-23)16-4-8-20(9-5-16)29-24(31)11-7-18-12-19(27)14-21(28)25(18)32-3/h4-15H,1-3H3,(H,29,31)/b11-7+. The van der Waals surface area contributed by atoms with E-state index in [9.17, 15) is 4.79 Å². The van der Waals surface area contributed by atoms with Crippen LogP contribution in [0.25, 0.3) is 28.6 Å². The van der Waals surface area contributed by atoms with Crippen molar-refractivity contribution in [3.8, 4) is 17.2 Å². The fraction of sp³-hybridized carbons (Fsp3) is 0.154. The van der Waals surface area contributed by atoms with Gasteiger partial charge in [-0.15, -0.1) is 0 Å². The second-order valence-corrected chi connectivity index (χ2v) is 8.65. The molecule has 4 aromatic rings. The van der Waals surface area contributed by atoms with E-state index in [0.29, 0.717) is 38.9 Å². The van der Waals surface area contributed by atoms with Gasteiger partial charge in [0.1, 0.15) is 11.3 Å². The topological polar surface area (TPSA) is 64.4 Å². The first-order valence-electron chi connectivity index (χ1n) is 10.4. The molecule has 0 aliphatic rings. The summed E-state index contributed by atoms with van der Waals surface area (Å²) in [6, 6.07) is 16.6. The van der Waals surface area contributed by atoms with Gasteiger partial charge in [0.2, 0.25) is 11.8 Å². The van der Waals surface area contributed by atoms with Gasteiger partial charge in [0.05, 0.1) is 12.1 Å². The Kier molecular flexibility index (Phi) is 6.72. The molecule has 1 heterocycles. The average Bonchev–Trinajstić information content (AvgIpc) is 3.21. The fourth-order valence-electron chi connectivity index (χ4n) is 3.39. The number of rotatable bonds is 6. The van der Waals surface area contributed by atoms with Crippen LogP contribution < -0.4 is 10.1 Å². The van der Waals surface area contributed by atoms with Crippen LogP contribution in [0.1, 0.15) is 30.9 Å². The van der Waals surface area contributed by atoms with Crippen LogP contribution in [-0.4, -0.2) is 18.0 Å². The lowest BCUT2D eigenvalue weighted by atomic mass is 10.0. The van der Waals surface area contributed by atoms with Gasteiger partial charge >= 0.3 is 0 Å². The Hall–Kier alpha value is -3.28. The third kappa shape index (κ3) is 5.21. The zero-order valence-electron chi connectivity index (χ0n) is 18.4. The number of fused-ring (bicyclic) bond motifs is 1. The maximum atomic E-state index is 12.4. The number of halogens is 2. The SMILES string of the molecule is COc1c(Cl)cc(Cl)cc1/C=C/C(=O)Nc1ccc(-c2nc3cc(C(C)C)ccc3o2)cc1. The number of aromatic nitrogens is 1. The van der Waals surface area contributed by atoms with Gasteiger partial charge in [-0.25, -0.2) is 4.98 Å². The first kappa shape index (κ1) is 22.9. The van der Waals surface area contributed by atoms with Crippen molar-refractivity contribution in [2.24, 2.45) is 0 Å². The molecule has 0 unspecified atom stereocenters. The Labute approximate surface area is 202 Å². The molecule has 3 aromatic carbocycles. The van der Waals surface area contributed by atoms with E-state index in [2.05, 4.69) is 36.3 Å². The van der Waals surface area contributed by atoms with E-state index in [-0.39, 0.29) is 5.91 Å².